The second-order valence-corrected chi connectivity index (χ2v) is 4.33. The van der Waals surface area contributed by atoms with E-state index >= 15 is 0 Å². The van der Waals surface area contributed by atoms with Crippen LogP contribution in [0.1, 0.15) is 18.2 Å². The normalized spacial score (nSPS) is 11.2. The Kier molecular flexibility index (Phi) is 4.24. The van der Waals surface area contributed by atoms with Gasteiger partial charge in [0.15, 0.2) is 0 Å². The number of pyridine rings is 1. The number of methoxy groups -OCH3 is 1. The van der Waals surface area contributed by atoms with Gasteiger partial charge in [-0.3, -0.25) is 4.40 Å². The molecule has 21 heavy (non-hydrogen) atoms. The van der Waals surface area contributed by atoms with Crippen molar-refractivity contribution in [2.45, 2.75) is 13.8 Å². The number of rotatable bonds is 4. The van der Waals surface area contributed by atoms with E-state index in [2.05, 4.69) is 4.98 Å². The molecule has 2 rings (SSSR count). The Bertz CT molecular complexity index is 753. The first-order valence-corrected chi connectivity index (χ1v) is 6.42. The van der Waals surface area contributed by atoms with Crippen LogP contribution in [0.5, 0.6) is 5.88 Å². The molecule has 0 amide bonds. The predicted molar refractivity (Wildman–Crippen MR) is 76.7 cm³/mol. The van der Waals surface area contributed by atoms with Crippen LogP contribution in [-0.4, -0.2) is 29.1 Å². The molecule has 2 aromatic rings. The second kappa shape index (κ2) is 6.09. The molecular weight excluding hydrogens is 270 g/mol. The van der Waals surface area contributed by atoms with Crippen molar-refractivity contribution in [3.8, 4) is 11.9 Å². The number of nitrogens with zero attached hydrogens (tertiary/aromatic N) is 3. The SMILES string of the molecule is CCOC(=O)C(C#N)=Cc1c(OC)nc2ccc(C)cn12. The van der Waals surface area contributed by atoms with Gasteiger partial charge in [0.05, 0.1) is 13.7 Å². The molecule has 6 heteroatoms. The van der Waals surface area contributed by atoms with Crippen molar-refractivity contribution in [1.29, 1.82) is 5.26 Å². The number of aromatic nitrogens is 2. The zero-order chi connectivity index (χ0) is 15.4. The third-order valence-corrected chi connectivity index (χ3v) is 2.86. The first kappa shape index (κ1) is 14.6. The molecular formula is C15H15N3O3. The van der Waals surface area contributed by atoms with E-state index < -0.39 is 5.97 Å². The minimum atomic E-state index is -0.662. The number of ether oxygens (including phenoxy) is 2. The molecule has 0 atom stereocenters. The molecule has 0 unspecified atom stereocenters. The highest BCUT2D eigenvalue weighted by atomic mass is 16.5. The first-order valence-electron chi connectivity index (χ1n) is 6.42. The number of imidazole rings is 1. The van der Waals surface area contributed by atoms with Gasteiger partial charge < -0.3 is 9.47 Å². The zero-order valence-electron chi connectivity index (χ0n) is 12.1. The summed E-state index contributed by atoms with van der Waals surface area (Å²) in [6, 6.07) is 5.61. The van der Waals surface area contributed by atoms with Crippen molar-refractivity contribution in [3.63, 3.8) is 0 Å². The number of esters is 1. The molecule has 2 aromatic heterocycles. The molecule has 0 bridgehead atoms. The maximum Gasteiger partial charge on any atom is 0.348 e. The van der Waals surface area contributed by atoms with Crippen LogP contribution in [0.25, 0.3) is 11.7 Å². The van der Waals surface area contributed by atoms with Gasteiger partial charge in [-0.25, -0.2) is 4.79 Å². The van der Waals surface area contributed by atoms with E-state index in [9.17, 15) is 4.79 Å². The Hall–Kier alpha value is -2.81. The highest BCUT2D eigenvalue weighted by Crippen LogP contribution is 2.23. The molecule has 6 nitrogen and oxygen atoms in total. The number of hydrogen-bond donors (Lipinski definition) is 0. The molecule has 108 valence electrons. The Labute approximate surface area is 122 Å². The van der Waals surface area contributed by atoms with E-state index in [-0.39, 0.29) is 12.2 Å². The van der Waals surface area contributed by atoms with Crippen molar-refractivity contribution >= 4 is 17.7 Å². The molecule has 0 saturated carbocycles. The van der Waals surface area contributed by atoms with Crippen LogP contribution in [-0.2, 0) is 9.53 Å². The highest BCUT2D eigenvalue weighted by molar-refractivity contribution is 5.98. The monoisotopic (exact) mass is 285 g/mol. The van der Waals surface area contributed by atoms with Crippen molar-refractivity contribution in [2.24, 2.45) is 0 Å². The van der Waals surface area contributed by atoms with E-state index in [0.717, 1.165) is 5.56 Å². The zero-order valence-corrected chi connectivity index (χ0v) is 12.1. The van der Waals surface area contributed by atoms with Gasteiger partial charge in [-0.15, -0.1) is 0 Å². The lowest BCUT2D eigenvalue weighted by molar-refractivity contribution is -0.137. The molecule has 0 N–H and O–H groups in total. The summed E-state index contributed by atoms with van der Waals surface area (Å²) in [4.78, 5) is 16.0. The Balaban J connectivity index is 2.61. The van der Waals surface area contributed by atoms with Gasteiger partial charge in [0.25, 0.3) is 0 Å². The summed E-state index contributed by atoms with van der Waals surface area (Å²) < 4.78 is 11.8. The summed E-state index contributed by atoms with van der Waals surface area (Å²) in [6.07, 6.45) is 3.28. The number of aryl methyl sites for hydroxylation is 1. The molecule has 0 aliphatic carbocycles. The van der Waals surface area contributed by atoms with E-state index in [4.69, 9.17) is 14.7 Å². The Morgan fingerprint density at radius 2 is 2.29 bits per heavy atom. The van der Waals surface area contributed by atoms with Crippen LogP contribution >= 0.6 is 0 Å². The summed E-state index contributed by atoms with van der Waals surface area (Å²) in [7, 11) is 1.49. The third-order valence-electron chi connectivity index (χ3n) is 2.86. The topological polar surface area (TPSA) is 76.6 Å². The summed E-state index contributed by atoms with van der Waals surface area (Å²) in [5.74, 6) is -0.317. The van der Waals surface area contributed by atoms with Crippen LogP contribution < -0.4 is 4.74 Å². The lowest BCUT2D eigenvalue weighted by Gasteiger charge is -2.02. The first-order chi connectivity index (χ1) is 10.1. The minimum absolute atomic E-state index is 0.0987. The second-order valence-electron chi connectivity index (χ2n) is 4.33. The van der Waals surface area contributed by atoms with Crippen LogP contribution in [0, 0.1) is 18.3 Å². The van der Waals surface area contributed by atoms with E-state index in [1.807, 2.05) is 31.3 Å². The van der Waals surface area contributed by atoms with Gasteiger partial charge in [0, 0.05) is 6.20 Å². The van der Waals surface area contributed by atoms with Crippen LogP contribution in [0.3, 0.4) is 0 Å². The van der Waals surface area contributed by atoms with Crippen molar-refractivity contribution in [1.82, 2.24) is 9.38 Å². The van der Waals surface area contributed by atoms with E-state index in [1.54, 1.807) is 11.3 Å². The number of hydrogen-bond acceptors (Lipinski definition) is 5. The largest absolute Gasteiger partial charge is 0.479 e. The summed E-state index contributed by atoms with van der Waals surface area (Å²) in [5, 5.41) is 9.12. The van der Waals surface area contributed by atoms with Gasteiger partial charge in [0.2, 0.25) is 5.88 Å². The number of fused-ring (bicyclic) bond motifs is 1. The molecule has 0 radical (unpaired) electrons. The number of nitriles is 1. The molecule has 0 aromatic carbocycles. The van der Waals surface area contributed by atoms with Gasteiger partial charge in [-0.05, 0) is 31.6 Å². The molecule has 0 aliphatic rings. The van der Waals surface area contributed by atoms with E-state index in [0.29, 0.717) is 17.2 Å². The third kappa shape index (κ3) is 2.87. The Morgan fingerprint density at radius 1 is 1.52 bits per heavy atom. The molecule has 0 aliphatic heterocycles. The number of carbonyl (C=O) groups excluding carboxylic acids is 1. The van der Waals surface area contributed by atoms with Crippen LogP contribution in [0.2, 0.25) is 0 Å². The lowest BCUT2D eigenvalue weighted by atomic mass is 10.2. The van der Waals surface area contributed by atoms with Gasteiger partial charge in [-0.2, -0.15) is 10.2 Å². The highest BCUT2D eigenvalue weighted by Gasteiger charge is 2.16. The molecule has 0 fully saturated rings. The average molecular weight is 285 g/mol. The van der Waals surface area contributed by atoms with Crippen molar-refractivity contribution in [2.75, 3.05) is 13.7 Å². The Morgan fingerprint density at radius 3 is 2.90 bits per heavy atom. The lowest BCUT2D eigenvalue weighted by Crippen LogP contribution is -2.06. The fraction of sp³-hybridized carbons (Fsp3) is 0.267. The maximum atomic E-state index is 11.7. The summed E-state index contributed by atoms with van der Waals surface area (Å²) >= 11 is 0. The smallest absolute Gasteiger partial charge is 0.348 e. The maximum absolute atomic E-state index is 11.7. The van der Waals surface area contributed by atoms with E-state index in [1.165, 1.54) is 13.2 Å². The van der Waals surface area contributed by atoms with Crippen LogP contribution in [0.4, 0.5) is 0 Å². The van der Waals surface area contributed by atoms with Crippen molar-refractivity contribution < 1.29 is 14.3 Å². The predicted octanol–water partition coefficient (Wildman–Crippen LogP) is 2.12. The minimum Gasteiger partial charge on any atom is -0.479 e. The average Bonchev–Trinajstić information content (AvgIpc) is 2.81. The van der Waals surface area contributed by atoms with Gasteiger partial charge in [0.1, 0.15) is 23.0 Å². The number of carbonyl (C=O) groups is 1. The van der Waals surface area contributed by atoms with Gasteiger partial charge >= 0.3 is 5.97 Å². The van der Waals surface area contributed by atoms with Gasteiger partial charge in [-0.1, -0.05) is 6.07 Å². The molecule has 2 heterocycles. The fourth-order valence-corrected chi connectivity index (χ4v) is 1.91. The quantitative estimate of drug-likeness (QED) is 0.488. The molecule has 0 spiro atoms. The standard InChI is InChI=1S/C15H15N3O3/c1-4-21-15(19)11(8-16)7-12-14(20-3)17-13-6-5-10(2)9-18(12)13/h5-7,9H,4H2,1-3H3. The van der Waals surface area contributed by atoms with Crippen molar-refractivity contribution in [3.05, 3.63) is 35.2 Å². The summed E-state index contributed by atoms with van der Waals surface area (Å²) in [6.45, 7) is 3.84. The van der Waals surface area contributed by atoms with Crippen LogP contribution in [0.15, 0.2) is 23.9 Å². The summed E-state index contributed by atoms with van der Waals surface area (Å²) in [5.41, 5.74) is 2.12. The molecule has 0 saturated heterocycles. The fourth-order valence-electron chi connectivity index (χ4n) is 1.91.